The minimum atomic E-state index is -0.283. The van der Waals surface area contributed by atoms with Gasteiger partial charge in [0.1, 0.15) is 5.75 Å². The Labute approximate surface area is 210 Å². The average Bonchev–Trinajstić information content (AvgIpc) is 2.83. The second-order valence-corrected chi connectivity index (χ2v) is 10.8. The molecule has 0 heterocycles. The maximum Gasteiger partial charge on any atom is 0.277 e. The number of nitrogens with zero attached hydrogens (tertiary/aromatic N) is 1. The SMILES string of the molecule is CC/C(=N/NC(=O)COc1ccc(C(C)(C)CC(C)(C)C)cc1)c1ccc(-c2ccccc2)cc1. The highest BCUT2D eigenvalue weighted by Gasteiger charge is 2.27. The molecule has 3 aromatic carbocycles. The van der Waals surface area contributed by atoms with Crippen LogP contribution < -0.4 is 10.2 Å². The van der Waals surface area contributed by atoms with Crippen molar-refractivity contribution in [1.29, 1.82) is 0 Å². The molecule has 0 spiro atoms. The molecule has 4 nitrogen and oxygen atoms in total. The van der Waals surface area contributed by atoms with Crippen molar-refractivity contribution in [3.8, 4) is 16.9 Å². The molecular formula is C31H38N2O2. The van der Waals surface area contributed by atoms with E-state index in [0.717, 1.165) is 23.3 Å². The summed E-state index contributed by atoms with van der Waals surface area (Å²) in [6.45, 7) is 13.2. The number of carbonyl (C=O) groups is 1. The summed E-state index contributed by atoms with van der Waals surface area (Å²) in [4.78, 5) is 12.3. The lowest BCUT2D eigenvalue weighted by atomic mass is 9.72. The van der Waals surface area contributed by atoms with Gasteiger partial charge < -0.3 is 4.74 Å². The van der Waals surface area contributed by atoms with E-state index in [1.165, 1.54) is 11.1 Å². The van der Waals surface area contributed by atoms with Crippen LogP contribution in [-0.2, 0) is 10.2 Å². The molecule has 1 N–H and O–H groups in total. The molecule has 0 saturated heterocycles. The van der Waals surface area contributed by atoms with Crippen LogP contribution in [-0.4, -0.2) is 18.2 Å². The van der Waals surface area contributed by atoms with Gasteiger partial charge in [0.15, 0.2) is 6.61 Å². The highest BCUT2D eigenvalue weighted by Crippen LogP contribution is 2.36. The molecular weight excluding hydrogens is 432 g/mol. The average molecular weight is 471 g/mol. The summed E-state index contributed by atoms with van der Waals surface area (Å²) in [6.07, 6.45) is 1.78. The Morgan fingerprint density at radius 1 is 0.829 bits per heavy atom. The number of hydrogen-bond donors (Lipinski definition) is 1. The molecule has 35 heavy (non-hydrogen) atoms. The fourth-order valence-electron chi connectivity index (χ4n) is 4.57. The summed E-state index contributed by atoms with van der Waals surface area (Å²) in [7, 11) is 0. The summed E-state index contributed by atoms with van der Waals surface area (Å²) in [6, 6.07) is 26.5. The molecule has 0 unspecified atom stereocenters. The largest absolute Gasteiger partial charge is 0.484 e. The molecule has 0 saturated carbocycles. The van der Waals surface area contributed by atoms with Gasteiger partial charge in [0.25, 0.3) is 5.91 Å². The number of carbonyl (C=O) groups excluding carboxylic acids is 1. The summed E-state index contributed by atoms with van der Waals surface area (Å²) in [5.74, 6) is 0.389. The Bertz CT molecular complexity index is 1120. The molecule has 0 radical (unpaired) electrons. The van der Waals surface area contributed by atoms with Crippen LogP contribution in [0.2, 0.25) is 0 Å². The smallest absolute Gasteiger partial charge is 0.277 e. The number of hydrogen-bond acceptors (Lipinski definition) is 3. The normalized spacial score (nSPS) is 12.3. The van der Waals surface area contributed by atoms with Crippen molar-refractivity contribution in [2.45, 2.75) is 59.8 Å². The minimum Gasteiger partial charge on any atom is -0.484 e. The lowest BCUT2D eigenvalue weighted by molar-refractivity contribution is -0.123. The van der Waals surface area contributed by atoms with E-state index in [4.69, 9.17) is 4.74 Å². The van der Waals surface area contributed by atoms with Crippen LogP contribution in [0.4, 0.5) is 0 Å². The van der Waals surface area contributed by atoms with Gasteiger partial charge in [-0.3, -0.25) is 4.79 Å². The standard InChI is InChI=1S/C31H38N2O2/c1-7-28(25-15-13-24(14-16-25)23-11-9-8-10-12-23)32-33-29(34)21-35-27-19-17-26(18-20-27)31(5,6)22-30(2,3)4/h8-20H,7,21-22H2,1-6H3,(H,33,34)/b32-28-. The van der Waals surface area contributed by atoms with Gasteiger partial charge in [-0.1, -0.05) is 108 Å². The third-order valence-electron chi connectivity index (χ3n) is 5.95. The Morgan fingerprint density at radius 3 is 2.00 bits per heavy atom. The Morgan fingerprint density at radius 2 is 1.43 bits per heavy atom. The molecule has 1 amide bonds. The van der Waals surface area contributed by atoms with Crippen LogP contribution in [0, 0.1) is 5.41 Å². The lowest BCUT2D eigenvalue weighted by Crippen LogP contribution is -2.26. The monoisotopic (exact) mass is 470 g/mol. The highest BCUT2D eigenvalue weighted by atomic mass is 16.5. The third-order valence-corrected chi connectivity index (χ3v) is 5.95. The molecule has 0 fully saturated rings. The number of nitrogens with one attached hydrogen (secondary N) is 1. The molecule has 0 aliphatic carbocycles. The van der Waals surface area contributed by atoms with E-state index in [2.05, 4.69) is 81.5 Å². The predicted molar refractivity (Wildman–Crippen MR) is 146 cm³/mol. The number of benzene rings is 3. The van der Waals surface area contributed by atoms with Crippen LogP contribution in [0.15, 0.2) is 84.0 Å². The predicted octanol–water partition coefficient (Wildman–Crippen LogP) is 7.38. The quantitative estimate of drug-likeness (QED) is 0.262. The summed E-state index contributed by atoms with van der Waals surface area (Å²) >= 11 is 0. The number of amides is 1. The molecule has 184 valence electrons. The van der Waals surface area contributed by atoms with Gasteiger partial charge in [0.05, 0.1) is 5.71 Å². The van der Waals surface area contributed by atoms with E-state index in [0.29, 0.717) is 12.2 Å². The van der Waals surface area contributed by atoms with Crippen LogP contribution in [0.25, 0.3) is 11.1 Å². The van der Waals surface area contributed by atoms with E-state index >= 15 is 0 Å². The maximum atomic E-state index is 12.3. The van der Waals surface area contributed by atoms with E-state index in [1.54, 1.807) is 0 Å². The maximum absolute atomic E-state index is 12.3. The lowest BCUT2D eigenvalue weighted by Gasteiger charge is -2.33. The van der Waals surface area contributed by atoms with Gasteiger partial charge in [-0.2, -0.15) is 5.10 Å². The fraction of sp³-hybridized carbons (Fsp3) is 0.355. The first-order chi connectivity index (χ1) is 16.6. The molecule has 0 bridgehead atoms. The minimum absolute atomic E-state index is 0.0682. The Balaban J connectivity index is 1.55. The van der Waals surface area contributed by atoms with Gasteiger partial charge in [-0.05, 0) is 58.1 Å². The zero-order valence-corrected chi connectivity index (χ0v) is 21.9. The number of hydrazone groups is 1. The van der Waals surface area contributed by atoms with Crippen LogP contribution >= 0.6 is 0 Å². The zero-order valence-electron chi connectivity index (χ0n) is 21.9. The van der Waals surface area contributed by atoms with E-state index in [9.17, 15) is 4.79 Å². The molecule has 0 aromatic heterocycles. The molecule has 0 aliphatic rings. The first kappa shape index (κ1) is 26.2. The topological polar surface area (TPSA) is 50.7 Å². The van der Waals surface area contributed by atoms with E-state index in [-0.39, 0.29) is 23.3 Å². The molecule has 4 heteroatoms. The van der Waals surface area contributed by atoms with Gasteiger partial charge in [-0.15, -0.1) is 0 Å². The Kier molecular flexibility index (Phi) is 8.50. The molecule has 3 rings (SSSR count). The summed E-state index contributed by atoms with van der Waals surface area (Å²) in [5.41, 5.74) is 8.34. The van der Waals surface area contributed by atoms with Crippen LogP contribution in [0.1, 0.15) is 65.5 Å². The van der Waals surface area contributed by atoms with E-state index < -0.39 is 0 Å². The van der Waals surface area contributed by atoms with Crippen molar-refractivity contribution in [3.63, 3.8) is 0 Å². The van der Waals surface area contributed by atoms with Crippen molar-refractivity contribution in [1.82, 2.24) is 5.43 Å². The third kappa shape index (κ3) is 7.81. The molecule has 0 atom stereocenters. The molecule has 3 aromatic rings. The summed E-state index contributed by atoms with van der Waals surface area (Å²) < 4.78 is 5.69. The van der Waals surface area contributed by atoms with Gasteiger partial charge in [0.2, 0.25) is 0 Å². The Hall–Kier alpha value is -3.40. The summed E-state index contributed by atoms with van der Waals surface area (Å²) in [5, 5.41) is 4.34. The number of ether oxygens (including phenoxy) is 1. The van der Waals surface area contributed by atoms with Gasteiger partial charge in [-0.25, -0.2) is 5.43 Å². The van der Waals surface area contributed by atoms with Gasteiger partial charge in [0, 0.05) is 0 Å². The van der Waals surface area contributed by atoms with Crippen molar-refractivity contribution in [2.24, 2.45) is 10.5 Å². The highest BCUT2D eigenvalue weighted by molar-refractivity contribution is 6.01. The zero-order chi connectivity index (χ0) is 25.5. The van der Waals surface area contributed by atoms with Crippen LogP contribution in [0.3, 0.4) is 0 Å². The first-order valence-corrected chi connectivity index (χ1v) is 12.3. The van der Waals surface area contributed by atoms with E-state index in [1.807, 2.05) is 49.4 Å². The number of rotatable bonds is 9. The first-order valence-electron chi connectivity index (χ1n) is 12.3. The van der Waals surface area contributed by atoms with Crippen molar-refractivity contribution in [2.75, 3.05) is 6.61 Å². The van der Waals surface area contributed by atoms with Gasteiger partial charge >= 0.3 is 0 Å². The second-order valence-electron chi connectivity index (χ2n) is 10.8. The van der Waals surface area contributed by atoms with Crippen molar-refractivity contribution >= 4 is 11.6 Å². The second kappa shape index (κ2) is 11.4. The van der Waals surface area contributed by atoms with Crippen LogP contribution in [0.5, 0.6) is 5.75 Å². The van der Waals surface area contributed by atoms with Crippen molar-refractivity contribution < 1.29 is 9.53 Å². The fourth-order valence-corrected chi connectivity index (χ4v) is 4.57. The molecule has 0 aliphatic heterocycles. The van der Waals surface area contributed by atoms with Crippen molar-refractivity contribution in [3.05, 3.63) is 90.0 Å².